The highest BCUT2D eigenvalue weighted by Gasteiger charge is 2.13. The van der Waals surface area contributed by atoms with E-state index in [0.717, 1.165) is 21.3 Å². The van der Waals surface area contributed by atoms with Gasteiger partial charge >= 0.3 is 0 Å². The molecule has 3 heterocycles. The lowest BCUT2D eigenvalue weighted by atomic mass is 10.1. The maximum atomic E-state index is 12.2. The molecule has 0 radical (unpaired) electrons. The lowest BCUT2D eigenvalue weighted by Gasteiger charge is -1.98. The van der Waals surface area contributed by atoms with Gasteiger partial charge in [-0.05, 0) is 43.2 Å². The number of thiazole rings is 1. The van der Waals surface area contributed by atoms with Crippen molar-refractivity contribution >= 4 is 44.4 Å². The van der Waals surface area contributed by atoms with Gasteiger partial charge in [0.2, 0.25) is 11.8 Å². The van der Waals surface area contributed by atoms with Crippen LogP contribution in [0.4, 0.5) is 5.13 Å². The van der Waals surface area contributed by atoms with Crippen LogP contribution < -0.4 is 5.32 Å². The summed E-state index contributed by atoms with van der Waals surface area (Å²) < 4.78 is 6.62. The van der Waals surface area contributed by atoms with Gasteiger partial charge in [0, 0.05) is 12.4 Å². The van der Waals surface area contributed by atoms with Gasteiger partial charge in [0.1, 0.15) is 0 Å². The van der Waals surface area contributed by atoms with E-state index in [2.05, 4.69) is 37.6 Å². The largest absolute Gasteiger partial charge is 0.411 e. The van der Waals surface area contributed by atoms with E-state index in [1.165, 1.54) is 28.7 Å². The monoisotopic (exact) mass is 397 g/mol. The molecule has 0 aliphatic rings. The summed E-state index contributed by atoms with van der Waals surface area (Å²) in [5, 5.41) is 11.7. The minimum atomic E-state index is -0.172. The number of amides is 1. The highest BCUT2D eigenvalue weighted by atomic mass is 32.2. The SMILES string of the molecule is Cc1cc(C)c2nc(NC(=O)CSc3nnc(-c4cccnc4)o3)sc2c1. The van der Waals surface area contributed by atoms with Gasteiger partial charge in [-0.25, -0.2) is 4.98 Å². The average Bonchev–Trinajstić information content (AvgIpc) is 3.27. The second kappa shape index (κ2) is 7.45. The van der Waals surface area contributed by atoms with Gasteiger partial charge in [-0.15, -0.1) is 10.2 Å². The zero-order valence-corrected chi connectivity index (χ0v) is 16.2. The number of rotatable bonds is 5. The van der Waals surface area contributed by atoms with E-state index < -0.39 is 0 Å². The molecule has 0 saturated heterocycles. The van der Waals surface area contributed by atoms with Crippen molar-refractivity contribution in [3.63, 3.8) is 0 Å². The third-order valence-corrected chi connectivity index (χ3v) is 5.45. The number of nitrogens with zero attached hydrogens (tertiary/aromatic N) is 4. The standard InChI is InChI=1S/C18H15N5O2S2/c1-10-6-11(2)15-13(7-10)27-17(21-15)20-14(24)9-26-18-23-22-16(25-18)12-4-3-5-19-8-12/h3-8H,9H2,1-2H3,(H,20,21,24). The molecule has 27 heavy (non-hydrogen) atoms. The first kappa shape index (κ1) is 17.6. The Labute approximate surface area is 163 Å². The fourth-order valence-electron chi connectivity index (χ4n) is 2.58. The number of anilines is 1. The van der Waals surface area contributed by atoms with E-state index in [-0.39, 0.29) is 11.7 Å². The first-order valence-electron chi connectivity index (χ1n) is 8.13. The van der Waals surface area contributed by atoms with Crippen LogP contribution in [0.3, 0.4) is 0 Å². The maximum absolute atomic E-state index is 12.2. The molecular weight excluding hydrogens is 382 g/mol. The molecular formula is C18H15N5O2S2. The molecule has 0 bridgehead atoms. The fourth-order valence-corrected chi connectivity index (χ4v) is 4.20. The van der Waals surface area contributed by atoms with Gasteiger partial charge in [-0.1, -0.05) is 29.2 Å². The first-order chi connectivity index (χ1) is 13.1. The number of carbonyl (C=O) groups is 1. The number of carbonyl (C=O) groups excluding carboxylic acids is 1. The van der Waals surface area contributed by atoms with Crippen LogP contribution in [0.2, 0.25) is 0 Å². The van der Waals surface area contributed by atoms with E-state index in [9.17, 15) is 4.79 Å². The van der Waals surface area contributed by atoms with Crippen molar-refractivity contribution in [2.75, 3.05) is 11.1 Å². The number of pyridine rings is 1. The number of thioether (sulfide) groups is 1. The number of fused-ring (bicyclic) bond motifs is 1. The maximum Gasteiger partial charge on any atom is 0.277 e. The minimum absolute atomic E-state index is 0.155. The quantitative estimate of drug-likeness (QED) is 0.507. The van der Waals surface area contributed by atoms with Crippen LogP contribution in [-0.2, 0) is 4.79 Å². The zero-order chi connectivity index (χ0) is 18.8. The minimum Gasteiger partial charge on any atom is -0.411 e. The number of hydrogen-bond donors (Lipinski definition) is 1. The lowest BCUT2D eigenvalue weighted by molar-refractivity contribution is -0.113. The van der Waals surface area contributed by atoms with Crippen molar-refractivity contribution in [3.05, 3.63) is 47.8 Å². The van der Waals surface area contributed by atoms with Crippen LogP contribution in [0.25, 0.3) is 21.7 Å². The van der Waals surface area contributed by atoms with Crippen molar-refractivity contribution in [1.29, 1.82) is 0 Å². The van der Waals surface area contributed by atoms with Gasteiger partial charge < -0.3 is 9.73 Å². The summed E-state index contributed by atoms with van der Waals surface area (Å²) in [5.41, 5.74) is 3.94. The van der Waals surface area contributed by atoms with Crippen molar-refractivity contribution in [1.82, 2.24) is 20.2 Å². The molecule has 1 amide bonds. The zero-order valence-electron chi connectivity index (χ0n) is 14.6. The Balaban J connectivity index is 1.39. The number of benzene rings is 1. The van der Waals surface area contributed by atoms with Gasteiger partial charge in [0.15, 0.2) is 5.13 Å². The lowest BCUT2D eigenvalue weighted by Crippen LogP contribution is -2.13. The molecule has 136 valence electrons. The second-order valence-electron chi connectivity index (χ2n) is 5.90. The van der Waals surface area contributed by atoms with E-state index >= 15 is 0 Å². The summed E-state index contributed by atoms with van der Waals surface area (Å²) >= 11 is 2.65. The van der Waals surface area contributed by atoms with Crippen molar-refractivity contribution in [3.8, 4) is 11.5 Å². The van der Waals surface area contributed by atoms with E-state index in [0.29, 0.717) is 16.2 Å². The summed E-state index contributed by atoms with van der Waals surface area (Å²) in [5.74, 6) is 0.361. The summed E-state index contributed by atoms with van der Waals surface area (Å²) in [6.07, 6.45) is 3.32. The van der Waals surface area contributed by atoms with Crippen molar-refractivity contribution < 1.29 is 9.21 Å². The van der Waals surface area contributed by atoms with Crippen LogP contribution in [0.1, 0.15) is 11.1 Å². The molecule has 4 rings (SSSR count). The van der Waals surface area contributed by atoms with Crippen LogP contribution in [0.5, 0.6) is 0 Å². The van der Waals surface area contributed by atoms with E-state index in [4.69, 9.17) is 4.42 Å². The smallest absolute Gasteiger partial charge is 0.277 e. The second-order valence-corrected chi connectivity index (χ2v) is 7.86. The normalized spacial score (nSPS) is 11.0. The predicted molar refractivity (Wildman–Crippen MR) is 106 cm³/mol. The molecule has 3 aromatic heterocycles. The number of hydrogen-bond acceptors (Lipinski definition) is 8. The molecule has 1 N–H and O–H groups in total. The molecule has 0 fully saturated rings. The predicted octanol–water partition coefficient (Wildman–Crippen LogP) is 4.09. The molecule has 0 spiro atoms. The van der Waals surface area contributed by atoms with Crippen molar-refractivity contribution in [2.24, 2.45) is 0 Å². The van der Waals surface area contributed by atoms with E-state index in [1.54, 1.807) is 18.5 Å². The third-order valence-electron chi connectivity index (χ3n) is 3.72. The average molecular weight is 397 g/mol. The summed E-state index contributed by atoms with van der Waals surface area (Å²) in [7, 11) is 0. The van der Waals surface area contributed by atoms with E-state index in [1.807, 2.05) is 19.9 Å². The van der Waals surface area contributed by atoms with Gasteiger partial charge in [-0.2, -0.15) is 0 Å². The highest BCUT2D eigenvalue weighted by molar-refractivity contribution is 7.99. The molecule has 7 nitrogen and oxygen atoms in total. The van der Waals surface area contributed by atoms with Gasteiger partial charge in [-0.3, -0.25) is 9.78 Å². The number of nitrogens with one attached hydrogen (secondary N) is 1. The Bertz CT molecular complexity index is 1110. The Kier molecular flexibility index (Phi) is 4.87. The summed E-state index contributed by atoms with van der Waals surface area (Å²) in [6, 6.07) is 7.78. The van der Waals surface area contributed by atoms with Crippen molar-refractivity contribution in [2.45, 2.75) is 19.1 Å². The van der Waals surface area contributed by atoms with Gasteiger partial charge in [0.05, 0.1) is 21.5 Å². The van der Waals surface area contributed by atoms with Crippen LogP contribution in [0, 0.1) is 13.8 Å². The summed E-state index contributed by atoms with van der Waals surface area (Å²) in [4.78, 5) is 20.8. The third kappa shape index (κ3) is 3.99. The molecule has 0 saturated carbocycles. The molecule has 0 aliphatic carbocycles. The highest BCUT2D eigenvalue weighted by Crippen LogP contribution is 2.29. The molecule has 0 unspecified atom stereocenters. The molecule has 1 aromatic carbocycles. The topological polar surface area (TPSA) is 93.8 Å². The van der Waals surface area contributed by atoms with Crippen LogP contribution in [0.15, 0.2) is 46.3 Å². The molecule has 9 heteroatoms. The summed E-state index contributed by atoms with van der Waals surface area (Å²) in [6.45, 7) is 4.07. The Morgan fingerprint density at radius 2 is 2.19 bits per heavy atom. The number of aromatic nitrogens is 4. The molecule has 0 atom stereocenters. The molecule has 4 aromatic rings. The van der Waals surface area contributed by atoms with Gasteiger partial charge in [0.25, 0.3) is 5.22 Å². The van der Waals surface area contributed by atoms with Crippen LogP contribution in [-0.4, -0.2) is 31.8 Å². The number of aryl methyl sites for hydroxylation is 2. The fraction of sp³-hybridized carbons (Fsp3) is 0.167. The Morgan fingerprint density at radius 3 is 3.00 bits per heavy atom. The Morgan fingerprint density at radius 1 is 1.30 bits per heavy atom. The van der Waals surface area contributed by atoms with Crippen LogP contribution >= 0.6 is 23.1 Å². The molecule has 0 aliphatic heterocycles. The first-order valence-corrected chi connectivity index (χ1v) is 9.93. The Hall–Kier alpha value is -2.78.